The summed E-state index contributed by atoms with van der Waals surface area (Å²) in [5.74, 6) is -1.32. The maximum absolute atomic E-state index is 14.2. The molecule has 2 aromatic carbocycles. The fourth-order valence-corrected chi connectivity index (χ4v) is 3.24. The molecule has 0 saturated heterocycles. The van der Waals surface area contributed by atoms with Crippen LogP contribution in [0.25, 0.3) is 5.83 Å². The molecule has 0 N–H and O–H groups in total. The molecule has 27 heavy (non-hydrogen) atoms. The highest BCUT2D eigenvalue weighted by molar-refractivity contribution is 5.61. The van der Waals surface area contributed by atoms with Gasteiger partial charge >= 0.3 is 0 Å². The SMILES string of the molecule is CCCCCC/C(F)=C(\F)c1ccc(CCc2ccc(CCC)cc2)cc1. The maximum Gasteiger partial charge on any atom is 0.161 e. The molecule has 0 radical (unpaired) electrons. The first-order valence-electron chi connectivity index (χ1n) is 10.3. The molecule has 0 heterocycles. The fourth-order valence-electron chi connectivity index (χ4n) is 3.24. The third kappa shape index (κ3) is 7.28. The van der Waals surface area contributed by atoms with Crippen LogP contribution < -0.4 is 0 Å². The molecule has 0 amide bonds. The molecule has 0 nitrogen and oxygen atoms in total. The first-order valence-corrected chi connectivity index (χ1v) is 10.3. The third-order valence-corrected chi connectivity index (χ3v) is 4.96. The average molecular weight is 371 g/mol. The lowest BCUT2D eigenvalue weighted by Gasteiger charge is -2.06. The minimum absolute atomic E-state index is 0.196. The molecule has 0 aromatic heterocycles. The minimum Gasteiger partial charge on any atom is -0.209 e. The molecule has 0 atom stereocenters. The van der Waals surface area contributed by atoms with Crippen molar-refractivity contribution in [1.82, 2.24) is 0 Å². The number of aryl methyl sites for hydroxylation is 3. The lowest BCUT2D eigenvalue weighted by molar-refractivity contribution is 0.535. The molecule has 146 valence electrons. The Hall–Kier alpha value is -1.96. The van der Waals surface area contributed by atoms with Gasteiger partial charge in [-0.1, -0.05) is 88.1 Å². The predicted molar refractivity (Wildman–Crippen MR) is 112 cm³/mol. The summed E-state index contributed by atoms with van der Waals surface area (Å²) in [6.45, 7) is 4.30. The van der Waals surface area contributed by atoms with Crippen LogP contribution in [0.5, 0.6) is 0 Å². The summed E-state index contributed by atoms with van der Waals surface area (Å²) < 4.78 is 28.2. The van der Waals surface area contributed by atoms with E-state index < -0.39 is 11.7 Å². The molecule has 0 aliphatic carbocycles. The molecule has 0 aliphatic rings. The number of hydrogen-bond donors (Lipinski definition) is 0. The zero-order valence-electron chi connectivity index (χ0n) is 16.7. The van der Waals surface area contributed by atoms with Gasteiger partial charge in [-0.25, -0.2) is 8.78 Å². The standard InChI is InChI=1S/C25H32F2/c1-3-5-6-7-9-24(26)25(27)23-18-16-22(17-19-23)15-14-21-12-10-20(8-4-2)11-13-21/h10-13,16-19H,3-9,14-15H2,1-2H3/b25-24+. The monoisotopic (exact) mass is 370 g/mol. The van der Waals surface area contributed by atoms with Crippen molar-refractivity contribution < 1.29 is 8.78 Å². The lowest BCUT2D eigenvalue weighted by Crippen LogP contribution is -1.93. The molecule has 0 unspecified atom stereocenters. The summed E-state index contributed by atoms with van der Waals surface area (Å²) in [6, 6.07) is 16.0. The highest BCUT2D eigenvalue weighted by atomic mass is 19.2. The number of unbranched alkanes of at least 4 members (excludes halogenated alkanes) is 3. The Morgan fingerprint density at radius 2 is 1.15 bits per heavy atom. The van der Waals surface area contributed by atoms with E-state index in [1.807, 2.05) is 12.1 Å². The second-order valence-corrected chi connectivity index (χ2v) is 7.29. The molecule has 0 spiro atoms. The van der Waals surface area contributed by atoms with Gasteiger partial charge in [-0.2, -0.15) is 0 Å². The first-order chi connectivity index (χ1) is 13.1. The topological polar surface area (TPSA) is 0 Å². The van der Waals surface area contributed by atoms with E-state index in [-0.39, 0.29) is 6.42 Å². The van der Waals surface area contributed by atoms with Crippen molar-refractivity contribution >= 4 is 5.83 Å². The van der Waals surface area contributed by atoms with Gasteiger partial charge in [0.2, 0.25) is 0 Å². The zero-order valence-corrected chi connectivity index (χ0v) is 16.7. The summed E-state index contributed by atoms with van der Waals surface area (Å²) >= 11 is 0. The molecule has 0 aliphatic heterocycles. The summed E-state index contributed by atoms with van der Waals surface area (Å²) in [7, 11) is 0. The second kappa shape index (κ2) is 11.7. The second-order valence-electron chi connectivity index (χ2n) is 7.29. The molecule has 0 fully saturated rings. The molecular weight excluding hydrogens is 338 g/mol. The Morgan fingerprint density at radius 1 is 0.630 bits per heavy atom. The van der Waals surface area contributed by atoms with Crippen LogP contribution in [-0.4, -0.2) is 0 Å². The molecular formula is C25H32F2. The summed E-state index contributed by atoms with van der Waals surface area (Å²) in [6.07, 6.45) is 8.17. The van der Waals surface area contributed by atoms with Crippen molar-refractivity contribution in [3.05, 3.63) is 76.6 Å². The quantitative estimate of drug-likeness (QED) is 0.351. The minimum atomic E-state index is -0.704. The molecule has 2 heteroatoms. The lowest BCUT2D eigenvalue weighted by atomic mass is 10.0. The van der Waals surface area contributed by atoms with E-state index in [2.05, 4.69) is 38.1 Å². The summed E-state index contributed by atoms with van der Waals surface area (Å²) in [4.78, 5) is 0. The van der Waals surface area contributed by atoms with Crippen LogP contribution >= 0.6 is 0 Å². The average Bonchev–Trinajstić information content (AvgIpc) is 2.70. The van der Waals surface area contributed by atoms with Crippen molar-refractivity contribution in [3.8, 4) is 0 Å². The van der Waals surface area contributed by atoms with Gasteiger partial charge in [0, 0.05) is 12.0 Å². The van der Waals surface area contributed by atoms with E-state index in [1.165, 1.54) is 11.1 Å². The Bertz CT molecular complexity index is 696. The molecule has 2 rings (SSSR count). The van der Waals surface area contributed by atoms with E-state index in [1.54, 1.807) is 12.1 Å². The predicted octanol–water partition coefficient (Wildman–Crippen LogP) is 8.00. The van der Waals surface area contributed by atoms with Crippen molar-refractivity contribution in [2.75, 3.05) is 0 Å². The third-order valence-electron chi connectivity index (χ3n) is 4.96. The van der Waals surface area contributed by atoms with Crippen molar-refractivity contribution in [2.24, 2.45) is 0 Å². The van der Waals surface area contributed by atoms with E-state index in [0.29, 0.717) is 12.0 Å². The van der Waals surface area contributed by atoms with Gasteiger partial charge in [-0.3, -0.25) is 0 Å². The van der Waals surface area contributed by atoms with E-state index in [9.17, 15) is 8.78 Å². The number of benzene rings is 2. The Labute approximate surface area is 163 Å². The smallest absolute Gasteiger partial charge is 0.161 e. The Morgan fingerprint density at radius 3 is 1.67 bits per heavy atom. The highest BCUT2D eigenvalue weighted by Crippen LogP contribution is 2.25. The van der Waals surface area contributed by atoms with Crippen LogP contribution in [0.4, 0.5) is 8.78 Å². The van der Waals surface area contributed by atoms with E-state index in [0.717, 1.165) is 50.5 Å². The maximum atomic E-state index is 14.2. The largest absolute Gasteiger partial charge is 0.209 e. The van der Waals surface area contributed by atoms with E-state index in [4.69, 9.17) is 0 Å². The van der Waals surface area contributed by atoms with Gasteiger partial charge in [0.05, 0.1) is 0 Å². The number of rotatable bonds is 11. The van der Waals surface area contributed by atoms with Crippen LogP contribution in [0.3, 0.4) is 0 Å². The number of halogens is 2. The number of hydrogen-bond acceptors (Lipinski definition) is 0. The Kier molecular flexibility index (Phi) is 9.24. The fraction of sp³-hybridized carbons (Fsp3) is 0.440. The van der Waals surface area contributed by atoms with Gasteiger partial charge in [0.15, 0.2) is 5.83 Å². The molecule has 0 saturated carbocycles. The van der Waals surface area contributed by atoms with Crippen LogP contribution in [0, 0.1) is 0 Å². The first kappa shape index (κ1) is 21.3. The summed E-state index contributed by atoms with van der Waals surface area (Å²) in [5, 5.41) is 0. The van der Waals surface area contributed by atoms with Crippen molar-refractivity contribution in [2.45, 2.75) is 71.6 Å². The van der Waals surface area contributed by atoms with Crippen LogP contribution in [-0.2, 0) is 19.3 Å². The van der Waals surface area contributed by atoms with Gasteiger partial charge in [-0.05, 0) is 42.4 Å². The van der Waals surface area contributed by atoms with Crippen molar-refractivity contribution in [3.63, 3.8) is 0 Å². The molecule has 0 bridgehead atoms. The summed E-state index contributed by atoms with van der Waals surface area (Å²) in [5.41, 5.74) is 4.18. The molecule has 2 aromatic rings. The van der Waals surface area contributed by atoms with Gasteiger partial charge in [-0.15, -0.1) is 0 Å². The van der Waals surface area contributed by atoms with Crippen LogP contribution in [0.1, 0.15) is 74.6 Å². The van der Waals surface area contributed by atoms with Crippen molar-refractivity contribution in [1.29, 1.82) is 0 Å². The van der Waals surface area contributed by atoms with Gasteiger partial charge in [0.25, 0.3) is 0 Å². The number of allylic oxidation sites excluding steroid dienone is 1. The van der Waals surface area contributed by atoms with Gasteiger partial charge in [0.1, 0.15) is 5.83 Å². The van der Waals surface area contributed by atoms with Gasteiger partial charge < -0.3 is 0 Å². The Balaban J connectivity index is 1.88. The highest BCUT2D eigenvalue weighted by Gasteiger charge is 2.09. The normalized spacial score (nSPS) is 12.1. The van der Waals surface area contributed by atoms with E-state index >= 15 is 0 Å². The zero-order chi connectivity index (χ0) is 19.5. The van der Waals surface area contributed by atoms with Crippen LogP contribution in [0.2, 0.25) is 0 Å². The van der Waals surface area contributed by atoms with Crippen LogP contribution in [0.15, 0.2) is 54.4 Å².